The van der Waals surface area contributed by atoms with Gasteiger partial charge in [0.15, 0.2) is 17.5 Å². The first-order chi connectivity index (χ1) is 27.8. The Balaban J connectivity index is 1.12. The predicted octanol–water partition coefficient (Wildman–Crippen LogP) is 14.6. The van der Waals surface area contributed by atoms with Crippen molar-refractivity contribution in [2.45, 2.75) is 0 Å². The first kappa shape index (κ1) is 32.6. The summed E-state index contributed by atoms with van der Waals surface area (Å²) in [5.74, 6) is 1.99. The van der Waals surface area contributed by atoms with Crippen LogP contribution in [0.3, 0.4) is 0 Å². The second-order valence-corrected chi connectivity index (χ2v) is 16.0. The highest BCUT2D eigenvalue weighted by atomic mass is 32.1. The molecule has 0 saturated carbocycles. The lowest BCUT2D eigenvalue weighted by molar-refractivity contribution is 1.08. The van der Waals surface area contributed by atoms with Gasteiger partial charge in [-0.25, -0.2) is 15.0 Å². The highest BCUT2D eigenvalue weighted by Crippen LogP contribution is 2.49. The Morgan fingerprint density at radius 2 is 0.804 bits per heavy atom. The standard InChI is InChI=1S/C51H31N3S2/c1-4-15-32(16-5-1)35-21-12-22-36(31-35)37-29-30-38(46-40-23-10-11-27-43(40)55-48(37)46)39-24-13-25-41-45-42(26-14-28-44(45)56-47(39)41)51-53-49(33-17-6-2-7-18-33)52-50(54-51)34-19-8-3-9-20-34/h1-31H. The summed E-state index contributed by atoms with van der Waals surface area (Å²) in [4.78, 5) is 15.2. The van der Waals surface area contributed by atoms with Crippen LogP contribution in [0, 0.1) is 0 Å². The largest absolute Gasteiger partial charge is 0.208 e. The maximum atomic E-state index is 5.13. The molecule has 11 rings (SSSR count). The van der Waals surface area contributed by atoms with Crippen LogP contribution in [0.2, 0.25) is 0 Å². The van der Waals surface area contributed by atoms with E-state index in [1.807, 2.05) is 59.1 Å². The molecule has 0 aliphatic rings. The minimum atomic E-state index is 0.660. The molecule has 262 valence electrons. The fourth-order valence-electron chi connectivity index (χ4n) is 7.95. The molecule has 0 N–H and O–H groups in total. The number of hydrogen-bond donors (Lipinski definition) is 0. The zero-order valence-corrected chi connectivity index (χ0v) is 31.7. The molecule has 0 bridgehead atoms. The van der Waals surface area contributed by atoms with Gasteiger partial charge in [0.2, 0.25) is 0 Å². The quantitative estimate of drug-likeness (QED) is 0.170. The monoisotopic (exact) mass is 749 g/mol. The summed E-state index contributed by atoms with van der Waals surface area (Å²) < 4.78 is 5.05. The van der Waals surface area contributed by atoms with Gasteiger partial charge in [-0.2, -0.15) is 0 Å². The van der Waals surface area contributed by atoms with Crippen molar-refractivity contribution >= 4 is 63.0 Å². The number of thiophene rings is 2. The van der Waals surface area contributed by atoms with E-state index >= 15 is 0 Å². The second kappa shape index (κ2) is 13.5. The predicted molar refractivity (Wildman–Crippen MR) is 238 cm³/mol. The molecule has 0 fully saturated rings. The van der Waals surface area contributed by atoms with Crippen LogP contribution in [0.4, 0.5) is 0 Å². The fourth-order valence-corrected chi connectivity index (χ4v) is 10.5. The van der Waals surface area contributed by atoms with Crippen molar-refractivity contribution < 1.29 is 0 Å². The Kier molecular flexibility index (Phi) is 7.87. The first-order valence-corrected chi connectivity index (χ1v) is 20.3. The summed E-state index contributed by atoms with van der Waals surface area (Å²) in [6, 6.07) is 66.7. The average molecular weight is 750 g/mol. The molecule has 3 heterocycles. The number of nitrogens with zero attached hydrogens (tertiary/aromatic N) is 3. The highest BCUT2D eigenvalue weighted by molar-refractivity contribution is 7.27. The van der Waals surface area contributed by atoms with E-state index in [-0.39, 0.29) is 0 Å². The van der Waals surface area contributed by atoms with E-state index in [4.69, 9.17) is 15.0 Å². The van der Waals surface area contributed by atoms with Crippen LogP contribution in [0.1, 0.15) is 0 Å². The number of fused-ring (bicyclic) bond motifs is 6. The molecule has 0 aliphatic heterocycles. The number of benzene rings is 8. The molecule has 3 aromatic heterocycles. The van der Waals surface area contributed by atoms with E-state index in [9.17, 15) is 0 Å². The third-order valence-electron chi connectivity index (χ3n) is 10.6. The van der Waals surface area contributed by atoms with Gasteiger partial charge in [0.1, 0.15) is 0 Å². The Morgan fingerprint density at radius 3 is 1.55 bits per heavy atom. The van der Waals surface area contributed by atoms with E-state index < -0.39 is 0 Å². The Morgan fingerprint density at radius 1 is 0.286 bits per heavy atom. The molecular weight excluding hydrogens is 719 g/mol. The maximum absolute atomic E-state index is 5.13. The molecule has 8 aromatic carbocycles. The van der Waals surface area contributed by atoms with Crippen molar-refractivity contribution in [3.05, 3.63) is 188 Å². The zero-order chi connectivity index (χ0) is 37.0. The minimum absolute atomic E-state index is 0.660. The van der Waals surface area contributed by atoms with Crippen LogP contribution in [-0.4, -0.2) is 15.0 Å². The molecular formula is C51H31N3S2. The third-order valence-corrected chi connectivity index (χ3v) is 13.0. The SMILES string of the molecule is c1ccc(-c2cccc(-c3ccc(-c4cccc5c4sc4cccc(-c6nc(-c7ccccc7)nc(-c7ccccc7)n6)c45)c4c3sc3ccccc34)c2)cc1. The van der Waals surface area contributed by atoms with Gasteiger partial charge in [-0.1, -0.05) is 170 Å². The zero-order valence-electron chi connectivity index (χ0n) is 30.1. The van der Waals surface area contributed by atoms with Gasteiger partial charge in [0, 0.05) is 62.6 Å². The minimum Gasteiger partial charge on any atom is -0.208 e. The molecule has 3 nitrogen and oxygen atoms in total. The van der Waals surface area contributed by atoms with Gasteiger partial charge < -0.3 is 0 Å². The third kappa shape index (κ3) is 5.51. The number of rotatable bonds is 6. The highest BCUT2D eigenvalue weighted by Gasteiger charge is 2.21. The molecule has 5 heteroatoms. The van der Waals surface area contributed by atoms with Crippen molar-refractivity contribution in [2.24, 2.45) is 0 Å². The molecule has 0 radical (unpaired) electrons. The molecule has 0 amide bonds. The summed E-state index contributed by atoms with van der Waals surface area (Å²) in [6.45, 7) is 0. The molecule has 0 aliphatic carbocycles. The molecule has 0 spiro atoms. The van der Waals surface area contributed by atoms with E-state index in [1.165, 1.54) is 73.7 Å². The van der Waals surface area contributed by atoms with Crippen LogP contribution in [0.25, 0.3) is 108 Å². The summed E-state index contributed by atoms with van der Waals surface area (Å²) in [5, 5.41) is 4.96. The number of hydrogen-bond acceptors (Lipinski definition) is 5. The second-order valence-electron chi connectivity index (χ2n) is 13.9. The average Bonchev–Trinajstić information content (AvgIpc) is 3.86. The van der Waals surface area contributed by atoms with Crippen molar-refractivity contribution in [3.8, 4) is 67.5 Å². The lowest BCUT2D eigenvalue weighted by Gasteiger charge is -2.12. The van der Waals surface area contributed by atoms with Gasteiger partial charge in [0.05, 0.1) is 0 Å². The Bertz CT molecular complexity index is 3180. The molecule has 56 heavy (non-hydrogen) atoms. The van der Waals surface area contributed by atoms with E-state index in [2.05, 4.69) is 152 Å². The van der Waals surface area contributed by atoms with Crippen molar-refractivity contribution in [1.29, 1.82) is 0 Å². The van der Waals surface area contributed by atoms with Crippen molar-refractivity contribution in [1.82, 2.24) is 15.0 Å². The van der Waals surface area contributed by atoms with Crippen LogP contribution in [-0.2, 0) is 0 Å². The Hall–Kier alpha value is -6.79. The molecule has 11 aromatic rings. The summed E-state index contributed by atoms with van der Waals surface area (Å²) >= 11 is 3.73. The molecule has 0 saturated heterocycles. The topological polar surface area (TPSA) is 38.7 Å². The van der Waals surface area contributed by atoms with E-state index in [1.54, 1.807) is 0 Å². The van der Waals surface area contributed by atoms with Crippen molar-refractivity contribution in [3.63, 3.8) is 0 Å². The van der Waals surface area contributed by atoms with Crippen molar-refractivity contribution in [2.75, 3.05) is 0 Å². The first-order valence-electron chi connectivity index (χ1n) is 18.7. The fraction of sp³-hybridized carbons (Fsp3) is 0. The lowest BCUT2D eigenvalue weighted by Crippen LogP contribution is -2.00. The lowest BCUT2D eigenvalue weighted by atomic mass is 9.93. The van der Waals surface area contributed by atoms with Crippen LogP contribution < -0.4 is 0 Å². The van der Waals surface area contributed by atoms with Gasteiger partial charge in [-0.05, 0) is 46.0 Å². The van der Waals surface area contributed by atoms with E-state index in [0.29, 0.717) is 17.5 Å². The van der Waals surface area contributed by atoms with Gasteiger partial charge >= 0.3 is 0 Å². The summed E-state index contributed by atoms with van der Waals surface area (Å²) in [5.41, 5.74) is 10.3. The summed E-state index contributed by atoms with van der Waals surface area (Å²) in [7, 11) is 0. The molecule has 0 unspecified atom stereocenters. The van der Waals surface area contributed by atoms with Crippen LogP contribution in [0.5, 0.6) is 0 Å². The van der Waals surface area contributed by atoms with Crippen LogP contribution in [0.15, 0.2) is 188 Å². The van der Waals surface area contributed by atoms with Gasteiger partial charge in [-0.3, -0.25) is 0 Å². The smallest absolute Gasteiger partial charge is 0.164 e. The number of aromatic nitrogens is 3. The molecule has 0 atom stereocenters. The van der Waals surface area contributed by atoms with Crippen LogP contribution >= 0.6 is 22.7 Å². The van der Waals surface area contributed by atoms with Gasteiger partial charge in [0.25, 0.3) is 0 Å². The van der Waals surface area contributed by atoms with Gasteiger partial charge in [-0.15, -0.1) is 22.7 Å². The maximum Gasteiger partial charge on any atom is 0.164 e. The normalized spacial score (nSPS) is 11.6. The Labute approximate surface area is 331 Å². The summed E-state index contributed by atoms with van der Waals surface area (Å²) in [6.07, 6.45) is 0. The van der Waals surface area contributed by atoms with E-state index in [0.717, 1.165) is 16.7 Å².